The van der Waals surface area contributed by atoms with E-state index in [4.69, 9.17) is 11.6 Å². The van der Waals surface area contributed by atoms with Crippen LogP contribution in [0.25, 0.3) is 9.88 Å². The first-order valence-corrected chi connectivity index (χ1v) is 12.6. The Hall–Kier alpha value is -2.42. The number of thiophene rings is 1. The first kappa shape index (κ1) is 22.8. The molecule has 168 valence electrons. The summed E-state index contributed by atoms with van der Waals surface area (Å²) >= 11 is 9.03. The summed E-state index contributed by atoms with van der Waals surface area (Å²) in [6.07, 6.45) is 2.23. The molecule has 6 nitrogen and oxygen atoms in total. The molecule has 2 aromatic heterocycles. The Labute approximate surface area is 200 Å². The van der Waals surface area contributed by atoms with E-state index in [2.05, 4.69) is 15.6 Å². The second kappa shape index (κ2) is 10.5. The van der Waals surface area contributed by atoms with E-state index in [0.29, 0.717) is 19.5 Å². The Morgan fingerprint density at radius 3 is 2.78 bits per heavy atom. The van der Waals surface area contributed by atoms with Gasteiger partial charge < -0.3 is 15.5 Å². The fraction of sp³-hybridized carbons (Fsp3) is 0.348. The van der Waals surface area contributed by atoms with Gasteiger partial charge in [0.2, 0.25) is 5.91 Å². The summed E-state index contributed by atoms with van der Waals surface area (Å²) in [6, 6.07) is 11.3. The highest BCUT2D eigenvalue weighted by Crippen LogP contribution is 2.33. The fourth-order valence-corrected chi connectivity index (χ4v) is 5.64. The lowest BCUT2D eigenvalue weighted by Gasteiger charge is -2.32. The molecule has 1 atom stereocenters. The number of halogens is 1. The molecule has 32 heavy (non-hydrogen) atoms. The molecular formula is C23H25ClN4O2S2. The van der Waals surface area contributed by atoms with Crippen LogP contribution < -0.4 is 10.6 Å². The largest absolute Gasteiger partial charge is 0.342 e. The van der Waals surface area contributed by atoms with Gasteiger partial charge in [-0.1, -0.05) is 29.3 Å². The van der Waals surface area contributed by atoms with Gasteiger partial charge in [0.15, 0.2) is 0 Å². The van der Waals surface area contributed by atoms with Gasteiger partial charge in [-0.25, -0.2) is 9.78 Å². The predicted octanol–water partition coefficient (Wildman–Crippen LogP) is 5.44. The molecule has 0 aliphatic carbocycles. The van der Waals surface area contributed by atoms with Crippen LogP contribution in [-0.4, -0.2) is 41.5 Å². The highest BCUT2D eigenvalue weighted by Gasteiger charge is 2.24. The van der Waals surface area contributed by atoms with E-state index in [-0.39, 0.29) is 17.9 Å². The summed E-state index contributed by atoms with van der Waals surface area (Å²) in [5.41, 5.74) is 2.70. The molecular weight excluding hydrogens is 464 g/mol. The number of amides is 3. The molecule has 1 aliphatic heterocycles. The van der Waals surface area contributed by atoms with Crippen LogP contribution >= 0.6 is 34.3 Å². The summed E-state index contributed by atoms with van der Waals surface area (Å²) in [4.78, 5) is 32.6. The van der Waals surface area contributed by atoms with Crippen molar-refractivity contribution in [2.24, 2.45) is 5.92 Å². The summed E-state index contributed by atoms with van der Waals surface area (Å²) in [5, 5.41) is 8.62. The lowest BCUT2D eigenvalue weighted by Crippen LogP contribution is -2.44. The maximum atomic E-state index is 12.8. The van der Waals surface area contributed by atoms with Crippen LogP contribution in [0.1, 0.15) is 24.1 Å². The molecule has 1 saturated heterocycles. The molecule has 0 radical (unpaired) electrons. The van der Waals surface area contributed by atoms with Crippen LogP contribution in [0.5, 0.6) is 0 Å². The zero-order valence-corrected chi connectivity index (χ0v) is 20.2. The molecule has 1 fully saturated rings. The number of thiazole rings is 1. The first-order chi connectivity index (χ1) is 15.5. The number of carbonyl (C=O) groups is 2. The van der Waals surface area contributed by atoms with Crippen molar-refractivity contribution in [1.29, 1.82) is 0 Å². The molecule has 9 heteroatoms. The molecule has 0 spiro atoms. The van der Waals surface area contributed by atoms with Crippen LogP contribution in [-0.2, 0) is 11.2 Å². The van der Waals surface area contributed by atoms with Gasteiger partial charge in [0.05, 0.1) is 21.3 Å². The number of urea groups is 1. The average Bonchev–Trinajstić information content (AvgIpc) is 3.43. The van der Waals surface area contributed by atoms with Crippen LogP contribution in [0, 0.1) is 12.8 Å². The Kier molecular flexibility index (Phi) is 7.44. The van der Waals surface area contributed by atoms with Gasteiger partial charge >= 0.3 is 6.03 Å². The van der Waals surface area contributed by atoms with Crippen molar-refractivity contribution >= 4 is 51.9 Å². The van der Waals surface area contributed by atoms with Crippen LogP contribution in [0.4, 0.5) is 10.5 Å². The van der Waals surface area contributed by atoms with Crippen molar-refractivity contribution < 1.29 is 9.59 Å². The average molecular weight is 489 g/mol. The van der Waals surface area contributed by atoms with Gasteiger partial charge in [0, 0.05) is 30.7 Å². The number of likely N-dealkylation sites (tertiary alicyclic amines) is 1. The number of aromatic nitrogens is 1. The maximum absolute atomic E-state index is 12.8. The van der Waals surface area contributed by atoms with E-state index in [0.717, 1.165) is 50.6 Å². The third-order valence-corrected chi connectivity index (χ3v) is 7.69. The SMILES string of the molecule is Cc1ccc(NC(=O)NCC2CCCN(C(=O)Cc3csc(-c4ccc(Cl)s4)n3)C2)cc1. The summed E-state index contributed by atoms with van der Waals surface area (Å²) in [5.74, 6) is 0.329. The monoisotopic (exact) mass is 488 g/mol. The molecule has 3 heterocycles. The van der Waals surface area contributed by atoms with E-state index in [1.807, 2.05) is 53.6 Å². The Morgan fingerprint density at radius 2 is 2.03 bits per heavy atom. The van der Waals surface area contributed by atoms with E-state index in [1.54, 1.807) is 0 Å². The number of benzene rings is 1. The van der Waals surface area contributed by atoms with E-state index < -0.39 is 0 Å². The zero-order chi connectivity index (χ0) is 22.5. The van der Waals surface area contributed by atoms with Crippen LogP contribution in [0.3, 0.4) is 0 Å². The number of nitrogens with zero attached hydrogens (tertiary/aromatic N) is 2. The van der Waals surface area contributed by atoms with E-state index >= 15 is 0 Å². The quantitative estimate of drug-likeness (QED) is 0.485. The molecule has 2 N–H and O–H groups in total. The van der Waals surface area contributed by atoms with E-state index in [9.17, 15) is 9.59 Å². The smallest absolute Gasteiger partial charge is 0.319 e. The van der Waals surface area contributed by atoms with Crippen molar-refractivity contribution in [3.8, 4) is 9.88 Å². The Morgan fingerprint density at radius 1 is 1.22 bits per heavy atom. The number of rotatable bonds is 6. The van der Waals surface area contributed by atoms with Gasteiger partial charge in [-0.15, -0.1) is 22.7 Å². The minimum atomic E-state index is -0.221. The van der Waals surface area contributed by atoms with Crippen molar-refractivity contribution in [3.05, 3.63) is 57.4 Å². The number of aryl methyl sites for hydroxylation is 1. The number of carbonyl (C=O) groups excluding carboxylic acids is 2. The van der Waals surface area contributed by atoms with Crippen molar-refractivity contribution in [1.82, 2.24) is 15.2 Å². The molecule has 4 rings (SSSR count). The lowest BCUT2D eigenvalue weighted by molar-refractivity contribution is -0.132. The summed E-state index contributed by atoms with van der Waals surface area (Å²) < 4.78 is 0.730. The first-order valence-electron chi connectivity index (χ1n) is 10.6. The van der Waals surface area contributed by atoms with Crippen molar-refractivity contribution in [2.45, 2.75) is 26.2 Å². The van der Waals surface area contributed by atoms with Gasteiger partial charge in [0.1, 0.15) is 5.01 Å². The van der Waals surface area contributed by atoms with Crippen molar-refractivity contribution in [2.75, 3.05) is 25.0 Å². The number of anilines is 1. The second-order valence-corrected chi connectivity index (χ2v) is 10.5. The molecule has 3 amide bonds. The minimum absolute atomic E-state index is 0.0832. The summed E-state index contributed by atoms with van der Waals surface area (Å²) in [6.45, 7) is 3.96. The molecule has 0 saturated carbocycles. The number of nitrogens with one attached hydrogen (secondary N) is 2. The molecule has 1 aromatic carbocycles. The van der Waals surface area contributed by atoms with Gasteiger partial charge in [-0.2, -0.15) is 0 Å². The minimum Gasteiger partial charge on any atom is -0.342 e. The Bertz CT molecular complexity index is 1080. The normalized spacial score (nSPS) is 16.1. The third-order valence-electron chi connectivity index (χ3n) is 5.40. The van der Waals surface area contributed by atoms with Crippen LogP contribution in [0.15, 0.2) is 41.8 Å². The van der Waals surface area contributed by atoms with Gasteiger partial charge in [-0.05, 0) is 49.9 Å². The maximum Gasteiger partial charge on any atom is 0.319 e. The highest BCUT2D eigenvalue weighted by molar-refractivity contribution is 7.23. The molecule has 1 unspecified atom stereocenters. The number of hydrogen-bond acceptors (Lipinski definition) is 5. The summed E-state index contributed by atoms with van der Waals surface area (Å²) in [7, 11) is 0. The van der Waals surface area contributed by atoms with Crippen molar-refractivity contribution in [3.63, 3.8) is 0 Å². The number of piperidine rings is 1. The fourth-order valence-electron chi connectivity index (χ4n) is 3.70. The standard InChI is InChI=1S/C23H25ClN4O2S2/c1-15-4-6-17(7-5-15)27-23(30)25-12-16-3-2-10-28(13-16)21(29)11-18-14-31-22(26-18)19-8-9-20(24)32-19/h4-9,14,16H,2-3,10-13H2,1H3,(H2,25,27,30). The highest BCUT2D eigenvalue weighted by atomic mass is 35.5. The Balaban J connectivity index is 1.25. The number of hydrogen-bond donors (Lipinski definition) is 2. The topological polar surface area (TPSA) is 74.3 Å². The second-order valence-electron chi connectivity index (χ2n) is 7.97. The molecule has 3 aromatic rings. The zero-order valence-electron chi connectivity index (χ0n) is 17.8. The predicted molar refractivity (Wildman–Crippen MR) is 132 cm³/mol. The van der Waals surface area contributed by atoms with E-state index in [1.165, 1.54) is 22.7 Å². The van der Waals surface area contributed by atoms with Crippen LogP contribution in [0.2, 0.25) is 4.34 Å². The van der Waals surface area contributed by atoms with Gasteiger partial charge in [-0.3, -0.25) is 4.79 Å². The lowest BCUT2D eigenvalue weighted by atomic mass is 9.97. The molecule has 0 bridgehead atoms. The third kappa shape index (κ3) is 6.09. The molecule has 1 aliphatic rings. The van der Waals surface area contributed by atoms with Gasteiger partial charge in [0.25, 0.3) is 0 Å².